The minimum Gasteiger partial charge on any atom is -0.481 e. The number of fused-ring (bicyclic) bond motifs is 1. The highest BCUT2D eigenvalue weighted by Gasteiger charge is 2.08. The van der Waals surface area contributed by atoms with Crippen molar-refractivity contribution >= 4 is 17.4 Å². The average molecular weight is 262 g/mol. The first kappa shape index (κ1) is 13.3. The number of pyridine rings is 1. The third-order valence-corrected chi connectivity index (χ3v) is 3.01. The van der Waals surface area contributed by atoms with Gasteiger partial charge in [-0.1, -0.05) is 6.92 Å². The smallest absolute Gasteiger partial charge is 0.303 e. The summed E-state index contributed by atoms with van der Waals surface area (Å²) < 4.78 is 1.75. The van der Waals surface area contributed by atoms with E-state index in [1.807, 2.05) is 26.0 Å². The summed E-state index contributed by atoms with van der Waals surface area (Å²) in [5, 5.41) is 16.1. The lowest BCUT2D eigenvalue weighted by Crippen LogP contribution is -2.15. The van der Waals surface area contributed by atoms with E-state index < -0.39 is 5.97 Å². The van der Waals surface area contributed by atoms with Crippen molar-refractivity contribution in [2.45, 2.75) is 26.7 Å². The van der Waals surface area contributed by atoms with E-state index in [4.69, 9.17) is 5.11 Å². The van der Waals surface area contributed by atoms with Crippen LogP contribution >= 0.6 is 0 Å². The van der Waals surface area contributed by atoms with E-state index >= 15 is 0 Å². The van der Waals surface area contributed by atoms with Gasteiger partial charge < -0.3 is 10.4 Å². The van der Waals surface area contributed by atoms with E-state index in [1.54, 1.807) is 4.52 Å². The number of anilines is 1. The third-order valence-electron chi connectivity index (χ3n) is 3.01. The maximum atomic E-state index is 10.5. The van der Waals surface area contributed by atoms with Crippen molar-refractivity contribution in [2.75, 3.05) is 11.9 Å². The Labute approximate surface area is 111 Å². The van der Waals surface area contributed by atoms with Gasteiger partial charge in [0.25, 0.3) is 0 Å². The molecule has 2 heterocycles. The Balaban J connectivity index is 2.01. The van der Waals surface area contributed by atoms with E-state index in [0.29, 0.717) is 13.0 Å². The topological polar surface area (TPSA) is 79.5 Å². The normalized spacial score (nSPS) is 12.5. The van der Waals surface area contributed by atoms with Gasteiger partial charge >= 0.3 is 5.97 Å². The van der Waals surface area contributed by atoms with Gasteiger partial charge in [0.1, 0.15) is 12.1 Å². The standard InChI is InChI=1S/C13H18N4O2/c1-9(3-4-13(18)19)7-14-11-5-10(2)6-12-15-8-16-17(11)12/h5-6,8-9,14H,3-4,7H2,1-2H3,(H,18,19). The van der Waals surface area contributed by atoms with Crippen LogP contribution in [0.25, 0.3) is 5.65 Å². The first-order valence-corrected chi connectivity index (χ1v) is 6.32. The molecule has 0 fully saturated rings. The molecule has 2 N–H and O–H groups in total. The lowest BCUT2D eigenvalue weighted by atomic mass is 10.1. The Morgan fingerprint density at radius 3 is 3.05 bits per heavy atom. The van der Waals surface area contributed by atoms with Crippen LogP contribution in [0.4, 0.5) is 5.82 Å². The first-order chi connectivity index (χ1) is 9.06. The lowest BCUT2D eigenvalue weighted by Gasteiger charge is -2.13. The zero-order chi connectivity index (χ0) is 13.8. The van der Waals surface area contributed by atoms with Crippen LogP contribution in [-0.4, -0.2) is 32.2 Å². The fraction of sp³-hybridized carbons (Fsp3) is 0.462. The van der Waals surface area contributed by atoms with Crippen LogP contribution < -0.4 is 5.32 Å². The number of carboxylic acid groups (broad SMARTS) is 1. The molecular weight excluding hydrogens is 244 g/mol. The van der Waals surface area contributed by atoms with Crippen LogP contribution in [0, 0.1) is 12.8 Å². The first-order valence-electron chi connectivity index (χ1n) is 6.32. The SMILES string of the molecule is Cc1cc(NCC(C)CCC(=O)O)n2ncnc2c1. The summed E-state index contributed by atoms with van der Waals surface area (Å²) in [6, 6.07) is 3.97. The van der Waals surface area contributed by atoms with Crippen LogP contribution in [0.5, 0.6) is 0 Å². The second-order valence-electron chi connectivity index (χ2n) is 4.87. The van der Waals surface area contributed by atoms with Gasteiger partial charge in [0.2, 0.25) is 0 Å². The monoisotopic (exact) mass is 262 g/mol. The van der Waals surface area contributed by atoms with Crippen molar-refractivity contribution in [1.29, 1.82) is 0 Å². The second-order valence-corrected chi connectivity index (χ2v) is 4.87. The highest BCUT2D eigenvalue weighted by Crippen LogP contribution is 2.14. The van der Waals surface area contributed by atoms with Crippen molar-refractivity contribution in [3.63, 3.8) is 0 Å². The summed E-state index contributed by atoms with van der Waals surface area (Å²) in [5.41, 5.74) is 1.92. The summed E-state index contributed by atoms with van der Waals surface area (Å²) >= 11 is 0. The van der Waals surface area contributed by atoms with Gasteiger partial charge in [0.05, 0.1) is 0 Å². The molecule has 2 aromatic heterocycles. The molecule has 6 nitrogen and oxygen atoms in total. The van der Waals surface area contributed by atoms with Crippen molar-refractivity contribution in [1.82, 2.24) is 14.6 Å². The van der Waals surface area contributed by atoms with Crippen molar-refractivity contribution in [2.24, 2.45) is 5.92 Å². The molecule has 102 valence electrons. The fourth-order valence-electron chi connectivity index (χ4n) is 1.93. The number of aliphatic carboxylic acids is 1. The number of nitrogens with zero attached hydrogens (tertiary/aromatic N) is 3. The highest BCUT2D eigenvalue weighted by atomic mass is 16.4. The molecule has 2 aromatic rings. The van der Waals surface area contributed by atoms with Gasteiger partial charge in [0.15, 0.2) is 5.65 Å². The van der Waals surface area contributed by atoms with Gasteiger partial charge in [0, 0.05) is 13.0 Å². The number of aromatic nitrogens is 3. The number of nitrogens with one attached hydrogen (secondary N) is 1. The molecule has 0 radical (unpaired) electrons. The second kappa shape index (κ2) is 5.69. The number of carboxylic acids is 1. The molecule has 6 heteroatoms. The molecule has 0 bridgehead atoms. The van der Waals surface area contributed by atoms with Gasteiger partial charge in [-0.15, -0.1) is 0 Å². The lowest BCUT2D eigenvalue weighted by molar-refractivity contribution is -0.137. The van der Waals surface area contributed by atoms with Gasteiger partial charge in [-0.2, -0.15) is 9.61 Å². The fourth-order valence-corrected chi connectivity index (χ4v) is 1.93. The largest absolute Gasteiger partial charge is 0.481 e. The summed E-state index contributed by atoms with van der Waals surface area (Å²) in [5.74, 6) is 0.422. The molecule has 0 amide bonds. The number of hydrogen-bond donors (Lipinski definition) is 2. The highest BCUT2D eigenvalue weighted by molar-refractivity contribution is 5.66. The van der Waals surface area contributed by atoms with Crippen LogP contribution in [0.3, 0.4) is 0 Å². The van der Waals surface area contributed by atoms with Gasteiger partial charge in [-0.05, 0) is 37.0 Å². The Kier molecular flexibility index (Phi) is 3.99. The van der Waals surface area contributed by atoms with Gasteiger partial charge in [-0.25, -0.2) is 4.98 Å². The number of rotatable bonds is 6. The van der Waals surface area contributed by atoms with Crippen LogP contribution in [0.15, 0.2) is 18.5 Å². The predicted molar refractivity (Wildman–Crippen MR) is 72.2 cm³/mol. The molecule has 19 heavy (non-hydrogen) atoms. The van der Waals surface area contributed by atoms with E-state index in [0.717, 1.165) is 17.0 Å². The molecule has 0 spiro atoms. The minimum atomic E-state index is -0.749. The summed E-state index contributed by atoms with van der Waals surface area (Å²) in [4.78, 5) is 14.7. The molecule has 2 rings (SSSR count). The predicted octanol–water partition coefficient (Wildman–Crippen LogP) is 1.95. The van der Waals surface area contributed by atoms with E-state index in [9.17, 15) is 4.79 Å². The van der Waals surface area contributed by atoms with Gasteiger partial charge in [-0.3, -0.25) is 4.79 Å². The van der Waals surface area contributed by atoms with Crippen molar-refractivity contribution in [3.05, 3.63) is 24.0 Å². The van der Waals surface area contributed by atoms with Crippen LogP contribution in [-0.2, 0) is 4.79 Å². The van der Waals surface area contributed by atoms with E-state index in [1.165, 1.54) is 6.33 Å². The summed E-state index contributed by atoms with van der Waals surface area (Å²) in [6.07, 6.45) is 2.39. The quantitative estimate of drug-likeness (QED) is 0.831. The average Bonchev–Trinajstić information content (AvgIpc) is 2.81. The molecule has 0 aromatic carbocycles. The number of carbonyl (C=O) groups is 1. The molecule has 0 saturated heterocycles. The molecule has 0 aliphatic heterocycles. The van der Waals surface area contributed by atoms with Crippen LogP contribution in [0.1, 0.15) is 25.3 Å². The zero-order valence-electron chi connectivity index (χ0n) is 11.1. The molecule has 1 atom stereocenters. The molecule has 0 aliphatic carbocycles. The molecule has 0 aliphatic rings. The molecule has 0 saturated carbocycles. The number of hydrogen-bond acceptors (Lipinski definition) is 4. The Morgan fingerprint density at radius 1 is 1.53 bits per heavy atom. The Morgan fingerprint density at radius 2 is 2.32 bits per heavy atom. The molecule has 1 unspecified atom stereocenters. The number of aryl methyl sites for hydroxylation is 1. The van der Waals surface area contributed by atoms with Crippen molar-refractivity contribution < 1.29 is 9.90 Å². The Bertz CT molecular complexity index is 579. The van der Waals surface area contributed by atoms with E-state index in [-0.39, 0.29) is 12.3 Å². The molecular formula is C13H18N4O2. The minimum absolute atomic E-state index is 0.204. The Hall–Kier alpha value is -2.11. The maximum Gasteiger partial charge on any atom is 0.303 e. The third kappa shape index (κ3) is 3.43. The maximum absolute atomic E-state index is 10.5. The summed E-state index contributed by atoms with van der Waals surface area (Å²) in [7, 11) is 0. The summed E-state index contributed by atoms with van der Waals surface area (Å²) in [6.45, 7) is 4.75. The van der Waals surface area contributed by atoms with E-state index in [2.05, 4.69) is 15.4 Å². The zero-order valence-corrected chi connectivity index (χ0v) is 11.1. The van der Waals surface area contributed by atoms with Crippen LogP contribution in [0.2, 0.25) is 0 Å². The van der Waals surface area contributed by atoms with Crippen molar-refractivity contribution in [3.8, 4) is 0 Å².